The normalized spacial score (nSPS) is 16.5. The van der Waals surface area contributed by atoms with Gasteiger partial charge in [0, 0.05) is 18.7 Å². The molecule has 1 heterocycles. The number of fused-ring (bicyclic) bond motifs is 1. The van der Waals surface area contributed by atoms with Gasteiger partial charge in [-0.1, -0.05) is 19.1 Å². The first-order chi connectivity index (χ1) is 11.6. The van der Waals surface area contributed by atoms with E-state index in [4.69, 9.17) is 15.2 Å². The van der Waals surface area contributed by atoms with Gasteiger partial charge in [-0.25, -0.2) is 0 Å². The van der Waals surface area contributed by atoms with Crippen LogP contribution in [0.5, 0.6) is 11.5 Å². The van der Waals surface area contributed by atoms with E-state index in [1.54, 1.807) is 24.1 Å². The van der Waals surface area contributed by atoms with Crippen LogP contribution in [0.2, 0.25) is 0 Å². The number of nitrogen functional groups attached to an aromatic ring is 1. The zero-order valence-corrected chi connectivity index (χ0v) is 14.0. The molecule has 0 saturated carbocycles. The Hall–Kier alpha value is -2.69. The summed E-state index contributed by atoms with van der Waals surface area (Å²) in [5.74, 6) is 1.48. The van der Waals surface area contributed by atoms with Gasteiger partial charge >= 0.3 is 0 Å². The number of nitrogens with two attached hydrogens (primary N) is 1. The van der Waals surface area contributed by atoms with Gasteiger partial charge in [0.2, 0.25) is 0 Å². The standard InChI is InChI=1S/C19H22N2O3/c1-3-10-21-16-12-14(20)6-9-17(16)24-18(19(21)22)11-13-4-7-15(23-2)8-5-13/h4-9,12,18H,3,10-11,20H2,1-2H3. The lowest BCUT2D eigenvalue weighted by Gasteiger charge is -2.34. The lowest BCUT2D eigenvalue weighted by Crippen LogP contribution is -2.47. The lowest BCUT2D eigenvalue weighted by molar-refractivity contribution is -0.126. The van der Waals surface area contributed by atoms with Gasteiger partial charge in [-0.3, -0.25) is 4.79 Å². The zero-order chi connectivity index (χ0) is 17.1. The molecular formula is C19H22N2O3. The van der Waals surface area contributed by atoms with Gasteiger partial charge in [-0.05, 0) is 42.3 Å². The summed E-state index contributed by atoms with van der Waals surface area (Å²) in [6.45, 7) is 2.70. The quantitative estimate of drug-likeness (QED) is 0.858. The molecule has 2 aromatic rings. The molecule has 0 fully saturated rings. The number of anilines is 2. The number of benzene rings is 2. The minimum Gasteiger partial charge on any atom is -0.497 e. The van der Waals surface area contributed by atoms with Crippen LogP contribution in [0.3, 0.4) is 0 Å². The van der Waals surface area contributed by atoms with E-state index >= 15 is 0 Å². The molecule has 0 bridgehead atoms. The second-order valence-electron chi connectivity index (χ2n) is 5.88. The first-order valence-electron chi connectivity index (χ1n) is 8.13. The molecule has 0 aliphatic carbocycles. The largest absolute Gasteiger partial charge is 0.497 e. The predicted molar refractivity (Wildman–Crippen MR) is 94.6 cm³/mol. The van der Waals surface area contributed by atoms with Gasteiger partial charge in [0.1, 0.15) is 11.5 Å². The van der Waals surface area contributed by atoms with E-state index in [0.717, 1.165) is 23.4 Å². The number of hydrogen-bond acceptors (Lipinski definition) is 4. The molecule has 1 amide bonds. The Kier molecular flexibility index (Phi) is 4.60. The SMILES string of the molecule is CCCN1C(=O)C(Cc2ccc(OC)cc2)Oc2ccc(N)cc21. The highest BCUT2D eigenvalue weighted by Gasteiger charge is 2.34. The molecule has 0 radical (unpaired) electrons. The van der Waals surface area contributed by atoms with Crippen LogP contribution in [0.1, 0.15) is 18.9 Å². The molecule has 1 aliphatic heterocycles. The van der Waals surface area contributed by atoms with Crippen LogP contribution in [0, 0.1) is 0 Å². The second kappa shape index (κ2) is 6.83. The first-order valence-corrected chi connectivity index (χ1v) is 8.13. The molecule has 0 aromatic heterocycles. The number of rotatable bonds is 5. The Bertz CT molecular complexity index is 728. The molecule has 2 N–H and O–H groups in total. The highest BCUT2D eigenvalue weighted by molar-refractivity contribution is 6.00. The van der Waals surface area contributed by atoms with Crippen LogP contribution in [-0.4, -0.2) is 25.7 Å². The summed E-state index contributed by atoms with van der Waals surface area (Å²) in [6, 6.07) is 13.1. The first kappa shape index (κ1) is 16.2. The molecule has 1 aliphatic rings. The van der Waals surface area contributed by atoms with Crippen LogP contribution in [0.25, 0.3) is 0 Å². The molecule has 2 aromatic carbocycles. The number of ether oxygens (including phenoxy) is 2. The fourth-order valence-corrected chi connectivity index (χ4v) is 2.90. The van der Waals surface area contributed by atoms with Crippen LogP contribution >= 0.6 is 0 Å². The van der Waals surface area contributed by atoms with Gasteiger partial charge in [0.05, 0.1) is 12.8 Å². The van der Waals surface area contributed by atoms with Crippen molar-refractivity contribution in [1.29, 1.82) is 0 Å². The fraction of sp³-hybridized carbons (Fsp3) is 0.316. The third-order valence-electron chi connectivity index (χ3n) is 4.11. The number of amides is 1. The van der Waals surface area contributed by atoms with E-state index in [2.05, 4.69) is 0 Å². The van der Waals surface area contributed by atoms with E-state index in [1.165, 1.54) is 0 Å². The van der Waals surface area contributed by atoms with Gasteiger partial charge in [0.15, 0.2) is 6.10 Å². The van der Waals surface area contributed by atoms with Crippen LogP contribution in [-0.2, 0) is 11.2 Å². The van der Waals surface area contributed by atoms with Crippen molar-refractivity contribution in [2.75, 3.05) is 24.3 Å². The molecule has 5 heteroatoms. The Morgan fingerprint density at radius 2 is 1.96 bits per heavy atom. The summed E-state index contributed by atoms with van der Waals surface area (Å²) in [4.78, 5) is 14.6. The minimum absolute atomic E-state index is 0.0224. The summed E-state index contributed by atoms with van der Waals surface area (Å²) in [6.07, 6.45) is 0.864. The van der Waals surface area contributed by atoms with Crippen LogP contribution in [0.4, 0.5) is 11.4 Å². The number of methoxy groups -OCH3 is 1. The zero-order valence-electron chi connectivity index (χ0n) is 14.0. The maximum atomic E-state index is 12.9. The van der Waals surface area contributed by atoms with Crippen molar-refractivity contribution in [2.24, 2.45) is 0 Å². The maximum absolute atomic E-state index is 12.9. The van der Waals surface area contributed by atoms with Gasteiger partial charge < -0.3 is 20.1 Å². The van der Waals surface area contributed by atoms with Crippen LogP contribution < -0.4 is 20.1 Å². The highest BCUT2D eigenvalue weighted by atomic mass is 16.5. The van der Waals surface area contributed by atoms with Gasteiger partial charge in [0.25, 0.3) is 5.91 Å². The average Bonchev–Trinajstić information content (AvgIpc) is 2.60. The Balaban J connectivity index is 1.86. The van der Waals surface area contributed by atoms with Crippen molar-refractivity contribution in [3.05, 3.63) is 48.0 Å². The molecule has 1 unspecified atom stereocenters. The highest BCUT2D eigenvalue weighted by Crippen LogP contribution is 2.36. The lowest BCUT2D eigenvalue weighted by atomic mass is 10.0. The number of hydrogen-bond donors (Lipinski definition) is 1. The Morgan fingerprint density at radius 3 is 2.62 bits per heavy atom. The number of carbonyl (C=O) groups excluding carboxylic acids is 1. The topological polar surface area (TPSA) is 64.8 Å². The second-order valence-corrected chi connectivity index (χ2v) is 5.88. The smallest absolute Gasteiger partial charge is 0.268 e. The van der Waals surface area contributed by atoms with Gasteiger partial charge in [-0.2, -0.15) is 0 Å². The van der Waals surface area contributed by atoms with Crippen molar-refractivity contribution in [2.45, 2.75) is 25.9 Å². The van der Waals surface area contributed by atoms with Crippen LogP contribution in [0.15, 0.2) is 42.5 Å². The maximum Gasteiger partial charge on any atom is 0.268 e. The van der Waals surface area contributed by atoms with E-state index in [9.17, 15) is 4.79 Å². The van der Waals surface area contributed by atoms with E-state index in [1.807, 2.05) is 37.3 Å². The Labute approximate surface area is 142 Å². The summed E-state index contributed by atoms with van der Waals surface area (Å²) < 4.78 is 11.1. The van der Waals surface area contributed by atoms with Crippen molar-refractivity contribution >= 4 is 17.3 Å². The molecule has 126 valence electrons. The minimum atomic E-state index is -0.527. The van der Waals surface area contributed by atoms with Crippen molar-refractivity contribution in [3.63, 3.8) is 0 Å². The summed E-state index contributed by atoms with van der Waals surface area (Å²) in [5, 5.41) is 0. The monoisotopic (exact) mass is 326 g/mol. The van der Waals surface area contributed by atoms with E-state index < -0.39 is 6.10 Å². The summed E-state index contributed by atoms with van der Waals surface area (Å²) in [7, 11) is 1.63. The number of carbonyl (C=O) groups is 1. The summed E-state index contributed by atoms with van der Waals surface area (Å²) in [5.41, 5.74) is 8.28. The molecule has 5 nitrogen and oxygen atoms in total. The molecular weight excluding hydrogens is 304 g/mol. The van der Waals surface area contributed by atoms with Crippen molar-refractivity contribution in [1.82, 2.24) is 0 Å². The molecule has 0 saturated heterocycles. The number of nitrogens with zero attached hydrogens (tertiary/aromatic N) is 1. The van der Waals surface area contributed by atoms with E-state index in [0.29, 0.717) is 24.4 Å². The summed E-state index contributed by atoms with van der Waals surface area (Å²) >= 11 is 0. The average molecular weight is 326 g/mol. The molecule has 1 atom stereocenters. The third kappa shape index (κ3) is 3.15. The van der Waals surface area contributed by atoms with Crippen molar-refractivity contribution < 1.29 is 14.3 Å². The van der Waals surface area contributed by atoms with Crippen molar-refractivity contribution in [3.8, 4) is 11.5 Å². The molecule has 0 spiro atoms. The Morgan fingerprint density at radius 1 is 1.21 bits per heavy atom. The fourth-order valence-electron chi connectivity index (χ4n) is 2.90. The predicted octanol–water partition coefficient (Wildman–Crippen LogP) is 3.02. The van der Waals surface area contributed by atoms with Gasteiger partial charge in [-0.15, -0.1) is 0 Å². The third-order valence-corrected chi connectivity index (χ3v) is 4.11. The van der Waals surface area contributed by atoms with E-state index in [-0.39, 0.29) is 5.91 Å². The molecule has 3 rings (SSSR count). The molecule has 24 heavy (non-hydrogen) atoms.